The summed E-state index contributed by atoms with van der Waals surface area (Å²) < 4.78 is 47.0. The predicted molar refractivity (Wildman–Crippen MR) is 111 cm³/mol. The molecule has 1 aliphatic rings. The number of benzene rings is 2. The number of amides is 1. The normalized spacial score (nSPS) is 15.6. The van der Waals surface area contributed by atoms with Crippen LogP contribution in [0.5, 0.6) is 5.75 Å². The Morgan fingerprint density at radius 2 is 1.93 bits per heavy atom. The van der Waals surface area contributed by atoms with Crippen molar-refractivity contribution in [2.24, 2.45) is 0 Å². The summed E-state index contributed by atoms with van der Waals surface area (Å²) in [5.74, 6) is 0.0714. The molecule has 1 amide bonds. The number of alkyl halides is 3. The van der Waals surface area contributed by atoms with Crippen LogP contribution in [0.1, 0.15) is 16.7 Å². The summed E-state index contributed by atoms with van der Waals surface area (Å²) in [6, 6.07) is 12.3. The van der Waals surface area contributed by atoms with Crippen molar-refractivity contribution in [3.63, 3.8) is 0 Å². The number of carbonyl (C=O) groups excluding carboxylic acids is 1. The summed E-state index contributed by atoms with van der Waals surface area (Å²) in [6.07, 6.45) is -2.83. The second-order valence-corrected chi connectivity index (χ2v) is 6.98. The minimum absolute atomic E-state index is 0.253. The number of anilines is 1. The van der Waals surface area contributed by atoms with E-state index in [0.717, 1.165) is 5.56 Å². The maximum absolute atomic E-state index is 12.9. The number of methoxy groups -OCH3 is 1. The molecular weight excluding hydrogens is 417 g/mol. The smallest absolute Gasteiger partial charge is 0.411 e. The van der Waals surface area contributed by atoms with E-state index in [9.17, 15) is 18.0 Å². The molecule has 1 N–H and O–H groups in total. The quantitative estimate of drug-likeness (QED) is 0.539. The van der Waals surface area contributed by atoms with Gasteiger partial charge in [0.15, 0.2) is 5.11 Å². The molecule has 0 atom stereocenters. The molecule has 0 spiro atoms. The van der Waals surface area contributed by atoms with Crippen molar-refractivity contribution < 1.29 is 27.4 Å². The van der Waals surface area contributed by atoms with E-state index in [1.165, 1.54) is 12.0 Å². The van der Waals surface area contributed by atoms with Crippen molar-refractivity contribution in [3.8, 4) is 5.75 Å². The molecule has 5 nitrogen and oxygen atoms in total. The van der Waals surface area contributed by atoms with Crippen LogP contribution >= 0.6 is 12.2 Å². The molecule has 3 rings (SSSR count). The Morgan fingerprint density at radius 1 is 1.20 bits per heavy atom. The second kappa shape index (κ2) is 8.85. The summed E-state index contributed by atoms with van der Waals surface area (Å²) in [7, 11) is 1.42. The first-order valence-corrected chi connectivity index (χ1v) is 9.34. The zero-order valence-electron chi connectivity index (χ0n) is 16.2. The number of ether oxygens (including phenoxy) is 2. The predicted octanol–water partition coefficient (Wildman–Crippen LogP) is 4.34. The summed E-state index contributed by atoms with van der Waals surface area (Å²) in [5, 5.41) is 3.15. The van der Waals surface area contributed by atoms with E-state index in [1.807, 2.05) is 25.1 Å². The number of hydrogen-bond acceptors (Lipinski definition) is 4. The average molecular weight is 436 g/mol. The van der Waals surface area contributed by atoms with Gasteiger partial charge in [-0.3, -0.25) is 9.69 Å². The van der Waals surface area contributed by atoms with Gasteiger partial charge in [0.1, 0.15) is 18.1 Å². The molecule has 0 aromatic heterocycles. The van der Waals surface area contributed by atoms with Gasteiger partial charge in [-0.2, -0.15) is 13.2 Å². The first-order valence-electron chi connectivity index (χ1n) is 8.94. The molecule has 30 heavy (non-hydrogen) atoms. The molecule has 9 heteroatoms. The van der Waals surface area contributed by atoms with Crippen molar-refractivity contribution >= 4 is 35.0 Å². The van der Waals surface area contributed by atoms with E-state index < -0.39 is 12.8 Å². The number of halogens is 3. The number of nitrogens with one attached hydrogen (secondary N) is 1. The monoisotopic (exact) mass is 436 g/mol. The van der Waals surface area contributed by atoms with Crippen LogP contribution in [-0.4, -0.2) is 30.9 Å². The van der Waals surface area contributed by atoms with Crippen LogP contribution < -0.4 is 15.0 Å². The van der Waals surface area contributed by atoms with Crippen molar-refractivity contribution in [3.05, 3.63) is 64.9 Å². The highest BCUT2D eigenvalue weighted by Crippen LogP contribution is 2.27. The van der Waals surface area contributed by atoms with Gasteiger partial charge in [0, 0.05) is 5.56 Å². The third-order valence-electron chi connectivity index (χ3n) is 4.37. The van der Waals surface area contributed by atoms with Crippen LogP contribution in [0.2, 0.25) is 0 Å². The van der Waals surface area contributed by atoms with Gasteiger partial charge in [0.2, 0.25) is 0 Å². The number of hydrogen-bond donors (Lipinski definition) is 1. The number of nitrogens with zero attached hydrogens (tertiary/aromatic N) is 1. The summed E-state index contributed by atoms with van der Waals surface area (Å²) in [4.78, 5) is 14.3. The maximum atomic E-state index is 12.9. The van der Waals surface area contributed by atoms with Crippen LogP contribution in [-0.2, 0) is 16.1 Å². The fraction of sp³-hybridized carbons (Fsp3) is 0.238. The molecule has 1 heterocycles. The van der Waals surface area contributed by atoms with Crippen LogP contribution in [0, 0.1) is 6.92 Å². The van der Waals surface area contributed by atoms with E-state index in [4.69, 9.17) is 21.7 Å². The Kier molecular flexibility index (Phi) is 6.42. The molecule has 158 valence electrons. The lowest BCUT2D eigenvalue weighted by Gasteiger charge is -2.16. The Hall–Kier alpha value is -2.91. The third kappa shape index (κ3) is 4.98. The zero-order chi connectivity index (χ0) is 21.9. The van der Waals surface area contributed by atoms with Gasteiger partial charge in [0.05, 0.1) is 19.4 Å². The highest BCUT2D eigenvalue weighted by molar-refractivity contribution is 7.80. The lowest BCUT2D eigenvalue weighted by atomic mass is 10.1. The van der Waals surface area contributed by atoms with Gasteiger partial charge in [0.25, 0.3) is 5.91 Å². The highest BCUT2D eigenvalue weighted by Gasteiger charge is 2.32. The van der Waals surface area contributed by atoms with Gasteiger partial charge < -0.3 is 14.8 Å². The minimum atomic E-state index is -4.41. The SMILES string of the molecule is COc1ccc(/C=C2/NC(=S)N(c3ccccc3C)C2=O)cc1COCC(F)(F)F. The fourth-order valence-corrected chi connectivity index (χ4v) is 3.30. The summed E-state index contributed by atoms with van der Waals surface area (Å²) in [5.41, 5.74) is 2.85. The van der Waals surface area contributed by atoms with E-state index in [2.05, 4.69) is 5.32 Å². The number of aryl methyl sites for hydroxylation is 1. The van der Waals surface area contributed by atoms with Crippen molar-refractivity contribution in [1.29, 1.82) is 0 Å². The standard InChI is InChI=1S/C21H19F3N2O3S/c1-13-5-3-4-6-17(13)26-19(27)16(25-20(26)30)10-14-7-8-18(28-2)15(9-14)11-29-12-21(22,23)24/h3-10H,11-12H2,1-2H3,(H,25,30)/b16-10+. The second-order valence-electron chi connectivity index (χ2n) is 6.59. The number of para-hydroxylation sites is 1. The minimum Gasteiger partial charge on any atom is -0.496 e. The van der Waals surface area contributed by atoms with E-state index in [1.54, 1.807) is 30.3 Å². The molecule has 1 aliphatic heterocycles. The zero-order valence-corrected chi connectivity index (χ0v) is 17.1. The maximum Gasteiger partial charge on any atom is 0.411 e. The van der Waals surface area contributed by atoms with Crippen LogP contribution in [0.3, 0.4) is 0 Å². The van der Waals surface area contributed by atoms with E-state index in [0.29, 0.717) is 22.6 Å². The van der Waals surface area contributed by atoms with Gasteiger partial charge in [-0.1, -0.05) is 24.3 Å². The molecule has 0 radical (unpaired) electrons. The lowest BCUT2D eigenvalue weighted by Crippen LogP contribution is -2.30. The van der Waals surface area contributed by atoms with E-state index >= 15 is 0 Å². The molecule has 0 unspecified atom stereocenters. The third-order valence-corrected chi connectivity index (χ3v) is 4.66. The highest BCUT2D eigenvalue weighted by atomic mass is 32.1. The Balaban J connectivity index is 1.84. The largest absolute Gasteiger partial charge is 0.496 e. The van der Waals surface area contributed by atoms with Gasteiger partial charge in [-0.25, -0.2) is 0 Å². The lowest BCUT2D eigenvalue weighted by molar-refractivity contribution is -0.176. The van der Waals surface area contributed by atoms with Crippen molar-refractivity contribution in [1.82, 2.24) is 5.32 Å². The number of carbonyl (C=O) groups is 1. The van der Waals surface area contributed by atoms with Gasteiger partial charge in [-0.15, -0.1) is 0 Å². The first-order chi connectivity index (χ1) is 14.2. The topological polar surface area (TPSA) is 50.8 Å². The van der Waals surface area contributed by atoms with Gasteiger partial charge >= 0.3 is 6.18 Å². The van der Waals surface area contributed by atoms with Crippen LogP contribution in [0.4, 0.5) is 18.9 Å². The van der Waals surface area contributed by atoms with Crippen molar-refractivity contribution in [2.45, 2.75) is 19.7 Å². The number of thiocarbonyl (C=S) groups is 1. The molecule has 0 bridgehead atoms. The Morgan fingerprint density at radius 3 is 2.60 bits per heavy atom. The summed E-state index contributed by atoms with van der Waals surface area (Å²) in [6.45, 7) is 0.236. The fourth-order valence-electron chi connectivity index (χ4n) is 3.01. The Labute approximate surface area is 177 Å². The molecule has 2 aromatic rings. The van der Waals surface area contributed by atoms with E-state index in [-0.39, 0.29) is 23.3 Å². The van der Waals surface area contributed by atoms with Crippen LogP contribution in [0.15, 0.2) is 48.2 Å². The molecule has 0 aliphatic carbocycles. The molecule has 1 saturated heterocycles. The van der Waals surface area contributed by atoms with Crippen LogP contribution in [0.25, 0.3) is 6.08 Å². The van der Waals surface area contributed by atoms with Gasteiger partial charge in [-0.05, 0) is 54.5 Å². The Bertz CT molecular complexity index is 1010. The molecule has 2 aromatic carbocycles. The summed E-state index contributed by atoms with van der Waals surface area (Å²) >= 11 is 5.32. The molecular formula is C21H19F3N2O3S. The average Bonchev–Trinajstić information content (AvgIpc) is 2.95. The molecule has 0 saturated carbocycles. The number of rotatable bonds is 6. The first kappa shape index (κ1) is 21.8. The van der Waals surface area contributed by atoms with Crippen molar-refractivity contribution in [2.75, 3.05) is 18.6 Å². The molecule has 1 fully saturated rings.